The van der Waals surface area contributed by atoms with Gasteiger partial charge in [-0.15, -0.1) is 11.3 Å². The molecule has 0 fully saturated rings. The fraction of sp³-hybridized carbons (Fsp3) is 0.261. The molecular weight excluding hydrogens is 398 g/mol. The number of esters is 1. The van der Waals surface area contributed by atoms with Gasteiger partial charge in [0, 0.05) is 30.7 Å². The Morgan fingerprint density at radius 3 is 2.57 bits per heavy atom. The highest BCUT2D eigenvalue weighted by molar-refractivity contribution is 7.14. The van der Waals surface area contributed by atoms with Crippen molar-refractivity contribution in [2.45, 2.75) is 26.4 Å². The Labute approximate surface area is 180 Å². The average molecular weight is 424 g/mol. The zero-order valence-corrected chi connectivity index (χ0v) is 18.3. The van der Waals surface area contributed by atoms with Crippen molar-refractivity contribution in [3.63, 3.8) is 0 Å². The van der Waals surface area contributed by atoms with Gasteiger partial charge in [-0.2, -0.15) is 0 Å². The van der Waals surface area contributed by atoms with Crippen molar-refractivity contribution < 1.29 is 14.3 Å². The molecule has 1 atom stereocenters. The predicted octanol–water partition coefficient (Wildman–Crippen LogP) is 4.62. The number of aryl methyl sites for hydroxylation is 1. The normalized spacial score (nSPS) is 11.6. The molecule has 1 amide bonds. The van der Waals surface area contributed by atoms with Crippen LogP contribution >= 0.6 is 11.3 Å². The summed E-state index contributed by atoms with van der Waals surface area (Å²) in [6, 6.07) is 15.2. The number of thiazole rings is 1. The quantitative estimate of drug-likeness (QED) is 0.562. The van der Waals surface area contributed by atoms with Crippen LogP contribution < -0.4 is 10.2 Å². The van der Waals surface area contributed by atoms with Crippen molar-refractivity contribution in [2.24, 2.45) is 0 Å². The maximum Gasteiger partial charge on any atom is 0.338 e. The van der Waals surface area contributed by atoms with Crippen LogP contribution in [0.1, 0.15) is 29.8 Å². The number of ether oxygens (including phenoxy) is 1. The van der Waals surface area contributed by atoms with Crippen LogP contribution in [0.15, 0.2) is 53.9 Å². The molecule has 7 heteroatoms. The van der Waals surface area contributed by atoms with Crippen molar-refractivity contribution >= 4 is 34.0 Å². The van der Waals surface area contributed by atoms with Gasteiger partial charge in [-0.25, -0.2) is 9.78 Å². The van der Waals surface area contributed by atoms with Gasteiger partial charge in [-0.3, -0.25) is 10.1 Å². The average Bonchev–Trinajstić information content (AvgIpc) is 3.22. The van der Waals surface area contributed by atoms with E-state index in [4.69, 9.17) is 4.74 Å². The third kappa shape index (κ3) is 5.24. The fourth-order valence-electron chi connectivity index (χ4n) is 2.78. The smallest absolute Gasteiger partial charge is 0.338 e. The molecule has 2 aromatic carbocycles. The number of carbonyl (C=O) groups is 2. The summed E-state index contributed by atoms with van der Waals surface area (Å²) in [5.74, 6) is -0.966. The van der Waals surface area contributed by atoms with E-state index in [2.05, 4.69) is 29.4 Å². The number of rotatable bonds is 7. The number of nitrogens with one attached hydrogen (secondary N) is 1. The summed E-state index contributed by atoms with van der Waals surface area (Å²) in [7, 11) is 3.78. The zero-order valence-electron chi connectivity index (χ0n) is 17.5. The molecule has 3 rings (SSSR count). The first-order valence-electron chi connectivity index (χ1n) is 9.71. The van der Waals surface area contributed by atoms with Crippen LogP contribution in [0.2, 0.25) is 0 Å². The Morgan fingerprint density at radius 1 is 1.17 bits per heavy atom. The minimum absolute atomic E-state index is 0.396. The lowest BCUT2D eigenvalue weighted by molar-refractivity contribution is -0.123. The zero-order chi connectivity index (χ0) is 21.7. The van der Waals surface area contributed by atoms with E-state index in [1.807, 2.05) is 42.6 Å². The standard InChI is InChI=1S/C23H25N3O3S/c1-5-16-9-11-17(12-10-16)20-14-30-23(24-20)25-21(27)15(2)29-22(28)18-7-6-8-19(13-18)26(3)4/h6-15H,5H2,1-4H3,(H,24,25,27)/t15-/m1/s1. The van der Waals surface area contributed by atoms with Crippen molar-refractivity contribution in [2.75, 3.05) is 24.3 Å². The van der Waals surface area contributed by atoms with Crippen molar-refractivity contribution in [1.82, 2.24) is 4.98 Å². The molecule has 0 spiro atoms. The summed E-state index contributed by atoms with van der Waals surface area (Å²) < 4.78 is 5.33. The van der Waals surface area contributed by atoms with Gasteiger partial charge in [0.1, 0.15) is 0 Å². The van der Waals surface area contributed by atoms with Crippen LogP contribution in [0.4, 0.5) is 10.8 Å². The summed E-state index contributed by atoms with van der Waals surface area (Å²) in [5, 5.41) is 5.08. The molecular formula is C23H25N3O3S. The molecule has 0 unspecified atom stereocenters. The maximum atomic E-state index is 12.5. The Bertz CT molecular complexity index is 1030. The molecule has 0 aliphatic carbocycles. The minimum atomic E-state index is -0.948. The summed E-state index contributed by atoms with van der Waals surface area (Å²) >= 11 is 1.33. The van der Waals surface area contributed by atoms with Crippen LogP contribution in [0, 0.1) is 0 Å². The van der Waals surface area contributed by atoms with Gasteiger partial charge in [0.2, 0.25) is 0 Å². The van der Waals surface area contributed by atoms with E-state index in [1.54, 1.807) is 25.1 Å². The Morgan fingerprint density at radius 2 is 1.90 bits per heavy atom. The van der Waals surface area contributed by atoms with Gasteiger partial charge >= 0.3 is 5.97 Å². The molecule has 156 valence electrons. The van der Waals surface area contributed by atoms with E-state index in [1.165, 1.54) is 16.9 Å². The van der Waals surface area contributed by atoms with E-state index in [-0.39, 0.29) is 0 Å². The molecule has 1 aromatic heterocycles. The molecule has 0 aliphatic rings. The fourth-order valence-corrected chi connectivity index (χ4v) is 3.50. The van der Waals surface area contributed by atoms with E-state index < -0.39 is 18.0 Å². The van der Waals surface area contributed by atoms with Crippen LogP contribution in [0.5, 0.6) is 0 Å². The number of hydrogen-bond donors (Lipinski definition) is 1. The van der Waals surface area contributed by atoms with Crippen LogP contribution in [0.3, 0.4) is 0 Å². The van der Waals surface area contributed by atoms with Gasteiger partial charge in [-0.05, 0) is 37.1 Å². The largest absolute Gasteiger partial charge is 0.449 e. The second-order valence-corrected chi connectivity index (χ2v) is 7.93. The van der Waals surface area contributed by atoms with E-state index in [9.17, 15) is 9.59 Å². The number of hydrogen-bond acceptors (Lipinski definition) is 6. The molecule has 0 saturated heterocycles. The Balaban J connectivity index is 1.61. The molecule has 0 saturated carbocycles. The highest BCUT2D eigenvalue weighted by atomic mass is 32.1. The monoisotopic (exact) mass is 423 g/mol. The lowest BCUT2D eigenvalue weighted by atomic mass is 10.1. The van der Waals surface area contributed by atoms with Crippen LogP contribution in [-0.4, -0.2) is 37.1 Å². The first-order valence-corrected chi connectivity index (χ1v) is 10.6. The third-order valence-corrected chi connectivity index (χ3v) is 5.40. The maximum absolute atomic E-state index is 12.5. The van der Waals surface area contributed by atoms with Gasteiger partial charge in [0.15, 0.2) is 11.2 Å². The Hall–Kier alpha value is -3.19. The summed E-state index contributed by atoms with van der Waals surface area (Å²) in [4.78, 5) is 31.2. The van der Waals surface area contributed by atoms with Crippen LogP contribution in [-0.2, 0) is 16.0 Å². The number of nitrogens with zero attached hydrogens (tertiary/aromatic N) is 2. The number of anilines is 2. The van der Waals surface area contributed by atoms with Gasteiger partial charge in [0.25, 0.3) is 5.91 Å². The second kappa shape index (κ2) is 9.54. The molecule has 1 heterocycles. The number of aromatic nitrogens is 1. The summed E-state index contributed by atoms with van der Waals surface area (Å²) in [5.41, 5.74) is 4.32. The minimum Gasteiger partial charge on any atom is -0.449 e. The molecule has 1 N–H and O–H groups in total. The molecule has 3 aromatic rings. The number of benzene rings is 2. The van der Waals surface area contributed by atoms with Crippen molar-refractivity contribution in [1.29, 1.82) is 0 Å². The SMILES string of the molecule is CCc1ccc(-c2csc(NC(=O)[C@@H](C)OC(=O)c3cccc(N(C)C)c3)n2)cc1. The van der Waals surface area contributed by atoms with Crippen molar-refractivity contribution in [3.05, 3.63) is 65.0 Å². The molecule has 30 heavy (non-hydrogen) atoms. The lowest BCUT2D eigenvalue weighted by Gasteiger charge is -2.15. The Kier molecular flexibility index (Phi) is 6.84. The predicted molar refractivity (Wildman–Crippen MR) is 121 cm³/mol. The van der Waals surface area contributed by atoms with E-state index in [0.717, 1.165) is 23.4 Å². The molecule has 6 nitrogen and oxygen atoms in total. The molecule has 0 bridgehead atoms. The first kappa shape index (κ1) is 21.5. The molecule has 0 radical (unpaired) electrons. The number of carbonyl (C=O) groups excluding carboxylic acids is 2. The van der Waals surface area contributed by atoms with Crippen molar-refractivity contribution in [3.8, 4) is 11.3 Å². The summed E-state index contributed by atoms with van der Waals surface area (Å²) in [6.07, 6.45) is 0.0334. The van der Waals surface area contributed by atoms with Gasteiger partial charge < -0.3 is 9.64 Å². The third-order valence-electron chi connectivity index (χ3n) is 4.64. The highest BCUT2D eigenvalue weighted by Gasteiger charge is 2.20. The number of amides is 1. The van der Waals surface area contributed by atoms with Gasteiger partial charge in [-0.1, -0.05) is 37.3 Å². The summed E-state index contributed by atoms with van der Waals surface area (Å²) in [6.45, 7) is 3.65. The first-order chi connectivity index (χ1) is 14.4. The van der Waals surface area contributed by atoms with E-state index >= 15 is 0 Å². The lowest BCUT2D eigenvalue weighted by Crippen LogP contribution is -2.30. The van der Waals surface area contributed by atoms with E-state index in [0.29, 0.717) is 10.7 Å². The second-order valence-electron chi connectivity index (χ2n) is 7.07. The highest BCUT2D eigenvalue weighted by Crippen LogP contribution is 2.25. The van der Waals surface area contributed by atoms with Crippen LogP contribution in [0.25, 0.3) is 11.3 Å². The molecule has 0 aliphatic heterocycles. The van der Waals surface area contributed by atoms with Gasteiger partial charge in [0.05, 0.1) is 11.3 Å². The topological polar surface area (TPSA) is 71.5 Å².